The van der Waals surface area contributed by atoms with Gasteiger partial charge >= 0.3 is 0 Å². The highest BCUT2D eigenvalue weighted by molar-refractivity contribution is 9.10. The molecule has 1 aromatic rings. The second kappa shape index (κ2) is 6.57. The highest BCUT2D eigenvalue weighted by atomic mass is 79.9. The van der Waals surface area contributed by atoms with E-state index < -0.39 is 10.0 Å². The molecule has 1 rings (SSSR count). The number of aryl methyl sites for hydroxylation is 1. The van der Waals surface area contributed by atoms with Crippen LogP contribution in [0.15, 0.2) is 21.5 Å². The van der Waals surface area contributed by atoms with Crippen molar-refractivity contribution >= 4 is 31.6 Å². The average molecular weight is 360 g/mol. The lowest BCUT2D eigenvalue weighted by molar-refractivity contribution is 0.399. The van der Waals surface area contributed by atoms with Crippen LogP contribution in [-0.4, -0.2) is 25.8 Å². The number of nitrogens with two attached hydrogens (primary N) is 1. The number of anilines is 1. The van der Waals surface area contributed by atoms with Crippen molar-refractivity contribution in [3.05, 3.63) is 22.2 Å². The molecule has 0 aromatic heterocycles. The average Bonchev–Trinajstić information content (AvgIpc) is 2.39. The smallest absolute Gasteiger partial charge is 0.243 e. The molecule has 0 radical (unpaired) electrons. The van der Waals surface area contributed by atoms with Crippen molar-refractivity contribution in [2.45, 2.75) is 25.7 Å². The molecule has 2 N–H and O–H groups in total. The highest BCUT2D eigenvalue weighted by Gasteiger charge is 2.26. The largest absolute Gasteiger partial charge is 0.398 e. The van der Waals surface area contributed by atoms with E-state index in [0.717, 1.165) is 0 Å². The van der Waals surface area contributed by atoms with Gasteiger partial charge in [-0.2, -0.15) is 9.57 Å². The summed E-state index contributed by atoms with van der Waals surface area (Å²) in [7, 11) is -3.64. The molecule has 7 heteroatoms. The third-order valence-corrected chi connectivity index (χ3v) is 5.73. The van der Waals surface area contributed by atoms with Crippen LogP contribution < -0.4 is 5.73 Å². The Balaban J connectivity index is 3.28. The van der Waals surface area contributed by atoms with Gasteiger partial charge in [0, 0.05) is 23.2 Å². The van der Waals surface area contributed by atoms with Gasteiger partial charge in [-0.25, -0.2) is 8.42 Å². The summed E-state index contributed by atoms with van der Waals surface area (Å²) >= 11 is 3.28. The molecule has 0 amide bonds. The lowest BCUT2D eigenvalue weighted by atomic mass is 10.2. The van der Waals surface area contributed by atoms with Crippen molar-refractivity contribution in [2.24, 2.45) is 5.92 Å². The summed E-state index contributed by atoms with van der Waals surface area (Å²) in [4.78, 5) is 0.185. The maximum atomic E-state index is 12.6. The number of hydrogen-bond donors (Lipinski definition) is 1. The molecule has 20 heavy (non-hydrogen) atoms. The third-order valence-electron chi connectivity index (χ3n) is 2.96. The molecule has 0 aliphatic rings. The van der Waals surface area contributed by atoms with Gasteiger partial charge in [-0.15, -0.1) is 0 Å². The Morgan fingerprint density at radius 3 is 2.60 bits per heavy atom. The van der Waals surface area contributed by atoms with Crippen molar-refractivity contribution < 1.29 is 8.42 Å². The zero-order valence-electron chi connectivity index (χ0n) is 11.7. The zero-order valence-corrected chi connectivity index (χ0v) is 14.1. The number of hydrogen-bond acceptors (Lipinski definition) is 4. The summed E-state index contributed by atoms with van der Waals surface area (Å²) in [6.45, 7) is 5.65. The number of nitrogen functional groups attached to an aromatic ring is 1. The SMILES string of the molecule is CCN(CC(C)C#N)S(=O)(=O)c1cc(N)c(Br)cc1C. The maximum absolute atomic E-state index is 12.6. The molecule has 1 atom stereocenters. The number of rotatable bonds is 5. The Kier molecular flexibility index (Phi) is 5.57. The Bertz CT molecular complexity index is 638. The molecule has 1 unspecified atom stereocenters. The summed E-state index contributed by atoms with van der Waals surface area (Å²) in [5, 5.41) is 8.85. The fourth-order valence-electron chi connectivity index (χ4n) is 1.83. The first-order valence-corrected chi connectivity index (χ1v) is 8.42. The summed E-state index contributed by atoms with van der Waals surface area (Å²) < 4.78 is 27.3. The van der Waals surface area contributed by atoms with Gasteiger partial charge < -0.3 is 5.73 Å². The van der Waals surface area contributed by atoms with E-state index in [1.165, 1.54) is 10.4 Å². The van der Waals surface area contributed by atoms with Gasteiger partial charge in [-0.05, 0) is 47.5 Å². The molecule has 0 saturated heterocycles. The molecule has 0 bridgehead atoms. The maximum Gasteiger partial charge on any atom is 0.243 e. The number of nitriles is 1. The van der Waals surface area contributed by atoms with Crippen LogP contribution in [0.4, 0.5) is 5.69 Å². The first-order chi connectivity index (χ1) is 9.23. The third kappa shape index (κ3) is 3.51. The number of nitrogens with zero attached hydrogens (tertiary/aromatic N) is 2. The molecule has 5 nitrogen and oxygen atoms in total. The van der Waals surface area contributed by atoms with E-state index in [0.29, 0.717) is 22.3 Å². The summed E-state index contributed by atoms with van der Waals surface area (Å²) in [6.07, 6.45) is 0. The number of halogens is 1. The van der Waals surface area contributed by atoms with Crippen LogP contribution >= 0.6 is 15.9 Å². The molecule has 1 aromatic carbocycles. The van der Waals surface area contributed by atoms with Gasteiger partial charge in [0.1, 0.15) is 0 Å². The van der Waals surface area contributed by atoms with Crippen molar-refractivity contribution in [3.63, 3.8) is 0 Å². The monoisotopic (exact) mass is 359 g/mol. The van der Waals surface area contributed by atoms with E-state index in [1.807, 2.05) is 0 Å². The van der Waals surface area contributed by atoms with Gasteiger partial charge in [0.05, 0.1) is 16.9 Å². The highest BCUT2D eigenvalue weighted by Crippen LogP contribution is 2.28. The summed E-state index contributed by atoms with van der Waals surface area (Å²) in [5.74, 6) is -0.363. The van der Waals surface area contributed by atoms with Gasteiger partial charge in [-0.1, -0.05) is 6.92 Å². The fraction of sp³-hybridized carbons (Fsp3) is 0.462. The van der Waals surface area contributed by atoms with Crippen LogP contribution in [0.5, 0.6) is 0 Å². The lowest BCUT2D eigenvalue weighted by Gasteiger charge is -2.22. The first-order valence-electron chi connectivity index (χ1n) is 6.19. The molecule has 0 fully saturated rings. The summed E-state index contributed by atoms with van der Waals surface area (Å²) in [6, 6.07) is 5.19. The molecule has 0 spiro atoms. The Hall–Kier alpha value is -1.10. The van der Waals surface area contributed by atoms with Crippen molar-refractivity contribution in [1.29, 1.82) is 5.26 Å². The second-order valence-corrected chi connectivity index (χ2v) is 7.39. The molecular formula is C13H18BrN3O2S. The quantitative estimate of drug-likeness (QED) is 0.818. The van der Waals surface area contributed by atoms with E-state index >= 15 is 0 Å². The van der Waals surface area contributed by atoms with Crippen LogP contribution in [0.1, 0.15) is 19.4 Å². The predicted molar refractivity (Wildman–Crippen MR) is 82.5 cm³/mol. The van der Waals surface area contributed by atoms with E-state index in [2.05, 4.69) is 22.0 Å². The van der Waals surface area contributed by atoms with Gasteiger partial charge in [0.2, 0.25) is 10.0 Å². The minimum absolute atomic E-state index is 0.171. The van der Waals surface area contributed by atoms with Crippen LogP contribution in [0.25, 0.3) is 0 Å². The zero-order chi connectivity index (χ0) is 15.5. The molecule has 0 aliphatic carbocycles. The topological polar surface area (TPSA) is 87.2 Å². The Labute approximate surface area is 128 Å². The van der Waals surface area contributed by atoms with E-state index in [-0.39, 0.29) is 17.4 Å². The van der Waals surface area contributed by atoms with Crippen molar-refractivity contribution in [2.75, 3.05) is 18.8 Å². The molecule has 110 valence electrons. The van der Waals surface area contributed by atoms with E-state index in [1.54, 1.807) is 26.8 Å². The normalized spacial score (nSPS) is 13.2. The minimum Gasteiger partial charge on any atom is -0.398 e. The Morgan fingerprint density at radius 2 is 2.10 bits per heavy atom. The van der Waals surface area contributed by atoms with Gasteiger partial charge in [0.25, 0.3) is 0 Å². The van der Waals surface area contributed by atoms with Crippen LogP contribution in [-0.2, 0) is 10.0 Å². The van der Waals surface area contributed by atoms with Crippen molar-refractivity contribution in [1.82, 2.24) is 4.31 Å². The first kappa shape index (κ1) is 17.0. The number of sulfonamides is 1. The Morgan fingerprint density at radius 1 is 1.50 bits per heavy atom. The fourth-order valence-corrected chi connectivity index (χ4v) is 4.07. The molecule has 0 heterocycles. The molecular weight excluding hydrogens is 342 g/mol. The van der Waals surface area contributed by atoms with Gasteiger partial charge in [-0.3, -0.25) is 0 Å². The van der Waals surface area contributed by atoms with Crippen LogP contribution in [0, 0.1) is 24.2 Å². The van der Waals surface area contributed by atoms with E-state index in [4.69, 9.17) is 11.0 Å². The lowest BCUT2D eigenvalue weighted by Crippen LogP contribution is -2.34. The molecule has 0 saturated carbocycles. The standard InChI is InChI=1S/C13H18BrN3O2S/c1-4-17(8-9(2)7-15)20(18,19)13-6-12(16)11(14)5-10(13)3/h5-6,9H,4,8,16H2,1-3H3. The van der Waals surface area contributed by atoms with E-state index in [9.17, 15) is 8.42 Å². The predicted octanol–water partition coefficient (Wildman–Crippen LogP) is 2.51. The van der Waals surface area contributed by atoms with Crippen molar-refractivity contribution in [3.8, 4) is 6.07 Å². The van der Waals surface area contributed by atoms with Gasteiger partial charge in [0.15, 0.2) is 0 Å². The molecule has 0 aliphatic heterocycles. The van der Waals surface area contributed by atoms with Crippen LogP contribution in [0.2, 0.25) is 0 Å². The summed E-state index contributed by atoms with van der Waals surface area (Å²) in [5.41, 5.74) is 6.77. The second-order valence-electron chi connectivity index (χ2n) is 4.63. The van der Waals surface area contributed by atoms with Crippen LogP contribution in [0.3, 0.4) is 0 Å². The number of benzene rings is 1. The minimum atomic E-state index is -3.64.